The first-order valence-corrected chi connectivity index (χ1v) is 44.4. The van der Waals surface area contributed by atoms with Gasteiger partial charge in [-0.3, -0.25) is 0 Å². The first kappa shape index (κ1) is 109. The highest BCUT2D eigenvalue weighted by Crippen LogP contribution is 2.38. The van der Waals surface area contributed by atoms with E-state index in [-0.39, 0.29) is 44.9 Å². The Hall–Kier alpha value is -1.60. The van der Waals surface area contributed by atoms with Crippen molar-refractivity contribution in [2.24, 2.45) is 23.2 Å². The quantitative estimate of drug-likeness (QED) is 0.0259. The van der Waals surface area contributed by atoms with Crippen LogP contribution in [0.5, 0.6) is 0 Å². The van der Waals surface area contributed by atoms with Crippen molar-refractivity contribution in [2.45, 2.75) is 340 Å². The summed E-state index contributed by atoms with van der Waals surface area (Å²) in [6.07, 6.45) is -33.3. The van der Waals surface area contributed by atoms with E-state index in [1.165, 1.54) is 0 Å². The highest BCUT2D eigenvalue weighted by Gasteiger charge is 2.57. The topological polar surface area (TPSA) is 600 Å². The van der Waals surface area contributed by atoms with Crippen LogP contribution in [0.15, 0.2) is 0 Å². The Morgan fingerprint density at radius 2 is 0.566 bits per heavy atom. The summed E-state index contributed by atoms with van der Waals surface area (Å²) in [5.74, 6) is -1.12. The molecule has 0 saturated carbocycles. The fourth-order valence-electron chi connectivity index (χ4n) is 15.3. The zero-order valence-electron chi connectivity index (χ0n) is 71.9. The zero-order chi connectivity index (χ0) is 89.2. The number of hydrogen-bond donors (Lipinski definition) is 21. The molecule has 40 heteroatoms. The Morgan fingerprint density at radius 3 is 0.861 bits per heavy atom. The van der Waals surface area contributed by atoms with Gasteiger partial charge >= 0.3 is 0 Å². The largest absolute Gasteiger partial charge is 0.394 e. The number of unbranched alkanes of at least 4 members (excludes halogenated alkanes) is 16. The van der Waals surface area contributed by atoms with Crippen molar-refractivity contribution < 1.29 is 197 Å². The van der Waals surface area contributed by atoms with Gasteiger partial charge in [0, 0.05) is 50.6 Å². The maximum absolute atomic E-state index is 12.1. The number of hydrogen-bond acceptors (Lipinski definition) is 40. The van der Waals surface area contributed by atoms with Crippen molar-refractivity contribution >= 4 is 0 Å². The van der Waals surface area contributed by atoms with Crippen LogP contribution in [0, 0.1) is 23.2 Å². The van der Waals surface area contributed by atoms with Gasteiger partial charge in [0.1, 0.15) is 134 Å². The molecule has 0 aliphatic carbocycles. The maximum atomic E-state index is 12.1. The average Bonchev–Trinajstić information content (AvgIpc) is 0.779. The second-order valence-electron chi connectivity index (χ2n) is 33.6. The first-order valence-electron chi connectivity index (χ1n) is 44.4. The molecule has 6 fully saturated rings. The van der Waals surface area contributed by atoms with Crippen molar-refractivity contribution in [3.8, 4) is 0 Å². The van der Waals surface area contributed by atoms with Crippen LogP contribution in [-0.2, 0) is 90.0 Å². The van der Waals surface area contributed by atoms with Crippen molar-refractivity contribution in [3.63, 3.8) is 0 Å². The summed E-state index contributed by atoms with van der Waals surface area (Å²) in [6, 6.07) is 0. The van der Waals surface area contributed by atoms with Gasteiger partial charge in [-0.05, 0) is 25.7 Å². The predicted octanol–water partition coefficient (Wildman–Crippen LogP) is -3.87. The Kier molecular flexibility index (Phi) is 53.4. The molecular weight excluding hydrogens is 1620 g/mol. The molecule has 122 heavy (non-hydrogen) atoms. The molecule has 6 aliphatic heterocycles. The lowest BCUT2D eigenvalue weighted by atomic mass is 9.87. The number of rotatable bonds is 66. The third kappa shape index (κ3) is 34.5. The van der Waals surface area contributed by atoms with E-state index in [1.807, 2.05) is 0 Å². The molecule has 6 rings (SSSR count). The Labute approximate surface area is 716 Å². The summed E-state index contributed by atoms with van der Waals surface area (Å²) in [5.41, 5.74) is -4.39. The van der Waals surface area contributed by atoms with E-state index >= 15 is 0 Å². The smallest absolute Gasteiger partial charge is 0.187 e. The van der Waals surface area contributed by atoms with Crippen LogP contribution < -0.4 is 0 Å². The molecule has 0 bridgehead atoms. The Balaban J connectivity index is 1.40. The molecule has 0 amide bonds. The first-order chi connectivity index (χ1) is 58.8. The van der Waals surface area contributed by atoms with E-state index < -0.39 is 268 Å². The van der Waals surface area contributed by atoms with Crippen LogP contribution in [0.4, 0.5) is 0 Å². The molecule has 6 saturated heterocycles. The van der Waals surface area contributed by atoms with Crippen molar-refractivity contribution in [3.05, 3.63) is 0 Å². The van der Waals surface area contributed by atoms with E-state index in [9.17, 15) is 107 Å². The standard InChI is InChI=1S/C82H154O40/c1-5-9-13-17-21-25-104-36-50(37-105-26-22-18-14-10-6-2)40-108-42-52(43-109-41-51(38-106-27-23-19-15-11-7-3)39-107-28-24-20-16-12-8-4)44-110-46-81(47-111-75-68(99)63(94)71(56(33-86)117-75)120-78-66(97)61(92)59(90)54(31-84)115-78,48-112-76-69(100)64(95)72(57(34-87)118-76)121-79-67(98)62(93)60(91)55(32-85)116-79)49-113-77-70(101)65(96)73(58(35-88)119-77)122-80-74(102)82(103,45-89)29-53(30-83)114-80/h50-80,83-103H,5-49H2,1-4H3/t53?,54?,55?,56?,57?,58?,59-,60-,61?,62?,63?,64?,65?,66?,67?,68?,69?,70?,71-,72-,73+,74?,75-,76-,77-,78-,79-,80-,81?,82?/m1/s1. The highest BCUT2D eigenvalue weighted by atomic mass is 16.8. The molecule has 6 heterocycles. The minimum Gasteiger partial charge on any atom is -0.394 e. The number of aliphatic hydroxyl groups excluding tert-OH is 20. The molecule has 0 spiro atoms. The third-order valence-corrected chi connectivity index (χ3v) is 23.0. The molecule has 6 aliphatic rings. The van der Waals surface area contributed by atoms with Crippen LogP contribution >= 0.6 is 0 Å². The predicted molar refractivity (Wildman–Crippen MR) is 425 cm³/mol. The average molecular weight is 1780 g/mol. The van der Waals surface area contributed by atoms with Crippen molar-refractivity contribution in [2.75, 3.05) is 159 Å². The summed E-state index contributed by atoms with van der Waals surface area (Å²) >= 11 is 0. The van der Waals surface area contributed by atoms with E-state index in [4.69, 9.17) is 90.0 Å². The van der Waals surface area contributed by atoms with Gasteiger partial charge in [0.05, 0.1) is 144 Å². The van der Waals surface area contributed by atoms with Gasteiger partial charge in [-0.15, -0.1) is 0 Å². The van der Waals surface area contributed by atoms with Gasteiger partial charge in [0.2, 0.25) is 0 Å². The number of ether oxygens (including phenoxy) is 19. The lowest BCUT2D eigenvalue weighted by Crippen LogP contribution is -2.65. The van der Waals surface area contributed by atoms with Crippen molar-refractivity contribution in [1.82, 2.24) is 0 Å². The van der Waals surface area contributed by atoms with Gasteiger partial charge < -0.3 is 197 Å². The zero-order valence-corrected chi connectivity index (χ0v) is 71.9. The van der Waals surface area contributed by atoms with Crippen LogP contribution in [0.3, 0.4) is 0 Å². The fourth-order valence-corrected chi connectivity index (χ4v) is 15.3. The van der Waals surface area contributed by atoms with Gasteiger partial charge in [-0.1, -0.05) is 130 Å². The van der Waals surface area contributed by atoms with Crippen LogP contribution in [0.25, 0.3) is 0 Å². The van der Waals surface area contributed by atoms with E-state index in [2.05, 4.69) is 27.7 Å². The van der Waals surface area contributed by atoms with E-state index in [0.717, 1.165) is 128 Å². The third-order valence-electron chi connectivity index (χ3n) is 23.0. The summed E-state index contributed by atoms with van der Waals surface area (Å²) in [5, 5.41) is 232. The van der Waals surface area contributed by atoms with Gasteiger partial charge in [-0.2, -0.15) is 0 Å². The monoisotopic (exact) mass is 1780 g/mol. The van der Waals surface area contributed by atoms with Gasteiger partial charge in [-0.25, -0.2) is 0 Å². The fraction of sp³-hybridized carbons (Fsp3) is 1.00. The molecule has 29 atom stereocenters. The minimum atomic E-state index is -2.31. The van der Waals surface area contributed by atoms with Gasteiger partial charge in [0.15, 0.2) is 37.7 Å². The normalized spacial score (nSPS) is 35.4. The minimum absolute atomic E-state index is 0.0211. The number of aliphatic hydroxyl groups is 21. The molecule has 0 aromatic heterocycles. The summed E-state index contributed by atoms with van der Waals surface area (Å²) in [7, 11) is 0. The van der Waals surface area contributed by atoms with Crippen molar-refractivity contribution in [1.29, 1.82) is 0 Å². The maximum Gasteiger partial charge on any atom is 0.187 e. The summed E-state index contributed by atoms with van der Waals surface area (Å²) in [4.78, 5) is 0. The Bertz CT molecular complexity index is 2440. The molecule has 0 aromatic carbocycles. The molecule has 0 aromatic rings. The Morgan fingerprint density at radius 1 is 0.287 bits per heavy atom. The van der Waals surface area contributed by atoms with Crippen LogP contribution in [0.1, 0.15) is 163 Å². The molecular formula is C82H154O40. The van der Waals surface area contributed by atoms with Crippen LogP contribution in [0.2, 0.25) is 0 Å². The lowest BCUT2D eigenvalue weighted by molar-refractivity contribution is -0.371. The second kappa shape index (κ2) is 59.7. The molecule has 18 unspecified atom stereocenters. The second-order valence-corrected chi connectivity index (χ2v) is 33.6. The molecule has 21 N–H and O–H groups in total. The van der Waals surface area contributed by atoms with E-state index in [0.29, 0.717) is 52.9 Å². The highest BCUT2D eigenvalue weighted by molar-refractivity contribution is 5.00. The molecule has 40 nitrogen and oxygen atoms in total. The molecule has 0 radical (unpaired) electrons. The summed E-state index contributed by atoms with van der Waals surface area (Å²) < 4.78 is 117. The lowest BCUT2D eigenvalue weighted by Gasteiger charge is -2.48. The SMILES string of the molecule is CCCCCCCOCC(COCCCCCCC)COCC(COCC(COCCCCCCC)COCCCCCCC)COCC(CO[C@@H]1OC(CO)[C@@H](O[C@H]2OC(CO)[C@@H](O)C(O)C2O)C(O)C1O)(CO[C@@H]1OC(CO)[C@@H](O[C@H]2OC(CO)[C@@H](O)C(O)C2O)C(O)C1O)CO[C@@H]1OC(CO)[C@H](O[C@H]2OC(CO)CC(O)(CO)C2O)C(O)C1O. The summed E-state index contributed by atoms with van der Waals surface area (Å²) in [6.45, 7) is 2.13. The molecule has 722 valence electrons. The van der Waals surface area contributed by atoms with Gasteiger partial charge in [0.25, 0.3) is 0 Å². The van der Waals surface area contributed by atoms with E-state index in [1.54, 1.807) is 0 Å². The van der Waals surface area contributed by atoms with Crippen LogP contribution in [-0.4, -0.2) is 443 Å².